The molecule has 8 heteroatoms. The van der Waals surface area contributed by atoms with Crippen molar-refractivity contribution in [2.24, 2.45) is 5.16 Å². The minimum atomic E-state index is -0.328. The number of oxime groups is 1. The third-order valence-electron chi connectivity index (χ3n) is 5.50. The van der Waals surface area contributed by atoms with Crippen LogP contribution in [0.2, 0.25) is 0 Å². The lowest BCUT2D eigenvalue weighted by Gasteiger charge is -2.25. The summed E-state index contributed by atoms with van der Waals surface area (Å²) in [6.45, 7) is 0.570. The van der Waals surface area contributed by atoms with Gasteiger partial charge in [-0.25, -0.2) is 9.18 Å². The summed E-state index contributed by atoms with van der Waals surface area (Å²) >= 11 is 0. The maximum atomic E-state index is 13.4. The van der Waals surface area contributed by atoms with Gasteiger partial charge in [0.15, 0.2) is 6.10 Å². The SMILES string of the molecule is COc1ccc(C2=NO[C@@H](CN(Cc3ccc(F)cc3)C(=O)Nc3ccccc3OC)C2)cc1. The molecule has 1 atom stereocenters. The van der Waals surface area contributed by atoms with Crippen molar-refractivity contribution in [3.63, 3.8) is 0 Å². The first-order valence-corrected chi connectivity index (χ1v) is 10.9. The monoisotopic (exact) mass is 463 g/mol. The van der Waals surface area contributed by atoms with Gasteiger partial charge >= 0.3 is 6.03 Å². The van der Waals surface area contributed by atoms with Crippen molar-refractivity contribution >= 4 is 17.4 Å². The van der Waals surface area contributed by atoms with Gasteiger partial charge in [-0.3, -0.25) is 0 Å². The van der Waals surface area contributed by atoms with Gasteiger partial charge in [0.1, 0.15) is 17.3 Å². The van der Waals surface area contributed by atoms with Gasteiger partial charge in [-0.2, -0.15) is 0 Å². The van der Waals surface area contributed by atoms with E-state index in [1.165, 1.54) is 12.1 Å². The Kier molecular flexibility index (Phi) is 7.27. The van der Waals surface area contributed by atoms with Crippen LogP contribution in [0.1, 0.15) is 17.5 Å². The Labute approximate surface area is 197 Å². The van der Waals surface area contributed by atoms with Gasteiger partial charge in [-0.05, 0) is 59.7 Å². The zero-order valence-corrected chi connectivity index (χ0v) is 19.0. The molecule has 0 aromatic heterocycles. The lowest BCUT2D eigenvalue weighted by atomic mass is 10.0. The summed E-state index contributed by atoms with van der Waals surface area (Å²) in [6.07, 6.45) is 0.231. The van der Waals surface area contributed by atoms with E-state index in [0.717, 1.165) is 22.6 Å². The number of nitrogens with zero attached hydrogens (tertiary/aromatic N) is 2. The van der Waals surface area contributed by atoms with Crippen molar-refractivity contribution in [2.75, 3.05) is 26.1 Å². The molecule has 3 aromatic rings. The molecule has 0 fully saturated rings. The Bertz CT molecular complexity index is 1150. The normalized spacial score (nSPS) is 14.7. The van der Waals surface area contributed by atoms with Gasteiger partial charge in [0.2, 0.25) is 0 Å². The Hall–Kier alpha value is -4.07. The van der Waals surface area contributed by atoms with Crippen LogP contribution in [0.3, 0.4) is 0 Å². The van der Waals surface area contributed by atoms with Gasteiger partial charge in [0.25, 0.3) is 0 Å². The van der Waals surface area contributed by atoms with E-state index in [2.05, 4.69) is 10.5 Å². The average molecular weight is 464 g/mol. The average Bonchev–Trinajstić information content (AvgIpc) is 3.34. The number of nitrogens with one attached hydrogen (secondary N) is 1. The number of rotatable bonds is 8. The van der Waals surface area contributed by atoms with Gasteiger partial charge in [0.05, 0.1) is 32.2 Å². The second-order valence-corrected chi connectivity index (χ2v) is 7.84. The van der Waals surface area contributed by atoms with Gasteiger partial charge in [0, 0.05) is 13.0 Å². The fraction of sp³-hybridized carbons (Fsp3) is 0.231. The Morgan fingerprint density at radius 2 is 1.79 bits per heavy atom. The number of methoxy groups -OCH3 is 2. The van der Waals surface area contributed by atoms with Gasteiger partial charge in [-0.1, -0.05) is 29.4 Å². The molecule has 1 N–H and O–H groups in total. The van der Waals surface area contributed by atoms with E-state index < -0.39 is 0 Å². The third kappa shape index (κ3) is 5.64. The molecular weight excluding hydrogens is 437 g/mol. The number of ether oxygens (including phenoxy) is 2. The molecule has 1 aliphatic rings. The van der Waals surface area contributed by atoms with Crippen LogP contribution >= 0.6 is 0 Å². The van der Waals surface area contributed by atoms with Gasteiger partial charge in [-0.15, -0.1) is 0 Å². The molecule has 7 nitrogen and oxygen atoms in total. The van der Waals surface area contributed by atoms with E-state index in [4.69, 9.17) is 14.3 Å². The van der Waals surface area contributed by atoms with Crippen molar-refractivity contribution in [2.45, 2.75) is 19.1 Å². The molecule has 2 amide bonds. The fourth-order valence-corrected chi connectivity index (χ4v) is 3.70. The second-order valence-electron chi connectivity index (χ2n) is 7.84. The highest BCUT2D eigenvalue weighted by molar-refractivity contribution is 6.01. The number of hydrogen-bond acceptors (Lipinski definition) is 5. The highest BCUT2D eigenvalue weighted by Gasteiger charge is 2.27. The zero-order valence-electron chi connectivity index (χ0n) is 19.0. The molecule has 176 valence electrons. The van der Waals surface area contributed by atoms with Crippen LogP contribution in [0.15, 0.2) is 78.0 Å². The van der Waals surface area contributed by atoms with Crippen LogP contribution in [0.25, 0.3) is 0 Å². The van der Waals surface area contributed by atoms with Crippen LogP contribution < -0.4 is 14.8 Å². The first-order valence-electron chi connectivity index (χ1n) is 10.9. The Morgan fingerprint density at radius 3 is 2.50 bits per heavy atom. The Balaban J connectivity index is 1.47. The summed E-state index contributed by atoms with van der Waals surface area (Å²) in [5.74, 6) is 0.989. The van der Waals surface area contributed by atoms with E-state index in [9.17, 15) is 9.18 Å². The first kappa shape index (κ1) is 23.1. The zero-order chi connectivity index (χ0) is 23.9. The second kappa shape index (κ2) is 10.7. The summed E-state index contributed by atoms with van der Waals surface area (Å²) in [4.78, 5) is 20.5. The predicted molar refractivity (Wildman–Crippen MR) is 128 cm³/mol. The summed E-state index contributed by atoms with van der Waals surface area (Å²) < 4.78 is 23.9. The van der Waals surface area contributed by atoms with Crippen LogP contribution in [0.4, 0.5) is 14.9 Å². The molecule has 4 rings (SSSR count). The molecule has 0 saturated carbocycles. The summed E-state index contributed by atoms with van der Waals surface area (Å²) in [5.41, 5.74) is 3.10. The van der Waals surface area contributed by atoms with Crippen LogP contribution in [-0.4, -0.2) is 43.5 Å². The van der Waals surface area contributed by atoms with Gasteiger partial charge < -0.3 is 24.5 Å². The first-order chi connectivity index (χ1) is 16.6. The minimum absolute atomic E-state index is 0.277. The minimum Gasteiger partial charge on any atom is -0.497 e. The molecule has 1 aliphatic heterocycles. The third-order valence-corrected chi connectivity index (χ3v) is 5.50. The van der Waals surface area contributed by atoms with Crippen molar-refractivity contribution in [3.8, 4) is 11.5 Å². The lowest BCUT2D eigenvalue weighted by Crippen LogP contribution is -2.40. The predicted octanol–water partition coefficient (Wildman–Crippen LogP) is 5.07. The molecule has 3 aromatic carbocycles. The van der Waals surface area contributed by atoms with Crippen molar-refractivity contribution < 1.29 is 23.5 Å². The van der Waals surface area contributed by atoms with Crippen molar-refractivity contribution in [1.82, 2.24) is 4.90 Å². The molecule has 0 aliphatic carbocycles. The van der Waals surface area contributed by atoms with Crippen LogP contribution in [0, 0.1) is 5.82 Å². The number of benzene rings is 3. The highest BCUT2D eigenvalue weighted by Crippen LogP contribution is 2.25. The largest absolute Gasteiger partial charge is 0.497 e. The number of hydrogen-bond donors (Lipinski definition) is 1. The molecule has 1 heterocycles. The van der Waals surface area contributed by atoms with E-state index in [1.54, 1.807) is 43.4 Å². The maximum Gasteiger partial charge on any atom is 0.322 e. The topological polar surface area (TPSA) is 72.4 Å². The van der Waals surface area contributed by atoms with E-state index >= 15 is 0 Å². The van der Waals surface area contributed by atoms with E-state index in [0.29, 0.717) is 24.4 Å². The number of carbonyl (C=O) groups excluding carboxylic acids is 1. The van der Waals surface area contributed by atoms with E-state index in [-0.39, 0.29) is 24.5 Å². The summed E-state index contributed by atoms with van der Waals surface area (Å²) in [6, 6.07) is 20.5. The number of urea groups is 1. The quantitative estimate of drug-likeness (QED) is 0.506. The van der Waals surface area contributed by atoms with Crippen LogP contribution in [-0.2, 0) is 11.4 Å². The standard InChI is InChI=1S/C26H26FN3O4/c1-32-21-13-9-19(10-14-21)24-15-22(34-29-24)17-30(16-18-7-11-20(27)12-8-18)26(31)28-23-5-3-4-6-25(23)33-2/h3-14,22H,15-17H2,1-2H3,(H,28,31)/t22-/m1/s1. The number of anilines is 1. The lowest BCUT2D eigenvalue weighted by molar-refractivity contribution is 0.0608. The molecule has 0 spiro atoms. The number of para-hydroxylation sites is 2. The van der Waals surface area contributed by atoms with Crippen molar-refractivity contribution in [3.05, 3.63) is 89.7 Å². The number of amides is 2. The van der Waals surface area contributed by atoms with E-state index in [1.807, 2.05) is 36.4 Å². The van der Waals surface area contributed by atoms with Crippen molar-refractivity contribution in [1.29, 1.82) is 0 Å². The molecule has 0 unspecified atom stereocenters. The molecule has 0 saturated heterocycles. The maximum absolute atomic E-state index is 13.4. The highest BCUT2D eigenvalue weighted by atomic mass is 19.1. The molecular formula is C26H26FN3O4. The van der Waals surface area contributed by atoms with Crippen LogP contribution in [0.5, 0.6) is 11.5 Å². The molecule has 0 bridgehead atoms. The smallest absolute Gasteiger partial charge is 0.322 e. The fourth-order valence-electron chi connectivity index (χ4n) is 3.70. The summed E-state index contributed by atoms with van der Waals surface area (Å²) in [7, 11) is 3.17. The number of halogens is 1. The number of carbonyl (C=O) groups is 1. The molecule has 0 radical (unpaired) electrons. The Morgan fingerprint density at radius 1 is 1.06 bits per heavy atom. The molecule has 34 heavy (non-hydrogen) atoms. The summed E-state index contributed by atoms with van der Waals surface area (Å²) in [5, 5.41) is 7.14.